The smallest absolute Gasteiger partial charge is 0.0215 e. The average Bonchev–Trinajstić information content (AvgIpc) is 2.11. The van der Waals surface area contributed by atoms with Gasteiger partial charge < -0.3 is 0 Å². The van der Waals surface area contributed by atoms with Crippen molar-refractivity contribution in [1.29, 1.82) is 0 Å². The molecule has 0 aromatic heterocycles. The molecule has 0 radical (unpaired) electrons. The summed E-state index contributed by atoms with van der Waals surface area (Å²) in [6, 6.07) is 4.52. The normalized spacial score (nSPS) is 11.8. The van der Waals surface area contributed by atoms with Gasteiger partial charge in [0.25, 0.3) is 0 Å². The molecule has 15 heavy (non-hydrogen) atoms. The fourth-order valence-electron chi connectivity index (χ4n) is 2.14. The molecule has 1 aromatic carbocycles. The third kappa shape index (κ3) is 3.13. The number of rotatable bonds is 2. The predicted octanol–water partition coefficient (Wildman–Crippen LogP) is 3.81. The second-order valence-electron chi connectivity index (χ2n) is 4.38. The van der Waals surface area contributed by atoms with E-state index in [1.807, 2.05) is 6.92 Å². The minimum absolute atomic E-state index is 0.454. The maximum Gasteiger partial charge on any atom is 0.0215 e. The second-order valence-corrected chi connectivity index (χ2v) is 4.38. The monoisotopic (exact) mass is 200 g/mol. The van der Waals surface area contributed by atoms with Crippen LogP contribution in [0.5, 0.6) is 0 Å². The van der Waals surface area contributed by atoms with Gasteiger partial charge in [0.2, 0.25) is 0 Å². The van der Waals surface area contributed by atoms with Gasteiger partial charge in [0.15, 0.2) is 0 Å². The van der Waals surface area contributed by atoms with Gasteiger partial charge in [-0.15, -0.1) is 11.8 Å². The second kappa shape index (κ2) is 5.03. The zero-order chi connectivity index (χ0) is 11.4. The highest BCUT2D eigenvalue weighted by atomic mass is 14.1. The van der Waals surface area contributed by atoms with Gasteiger partial charge in [-0.3, -0.25) is 0 Å². The lowest BCUT2D eigenvalue weighted by molar-refractivity contribution is 0.741. The molecule has 0 N–H and O–H groups in total. The first kappa shape index (κ1) is 11.9. The summed E-state index contributed by atoms with van der Waals surface area (Å²) in [6.07, 6.45) is 1.07. The van der Waals surface area contributed by atoms with E-state index in [-0.39, 0.29) is 0 Å². The first-order chi connectivity index (χ1) is 7.04. The molecule has 0 nitrogen and oxygen atoms in total. The van der Waals surface area contributed by atoms with Gasteiger partial charge in [-0.25, -0.2) is 0 Å². The van der Waals surface area contributed by atoms with E-state index >= 15 is 0 Å². The van der Waals surface area contributed by atoms with E-state index in [9.17, 15) is 0 Å². The molecule has 0 saturated carbocycles. The molecule has 0 heterocycles. The molecule has 80 valence electrons. The van der Waals surface area contributed by atoms with Crippen LogP contribution in [0.4, 0.5) is 0 Å². The van der Waals surface area contributed by atoms with Crippen LogP contribution in [0.25, 0.3) is 0 Å². The van der Waals surface area contributed by atoms with E-state index in [2.05, 4.69) is 51.7 Å². The van der Waals surface area contributed by atoms with Gasteiger partial charge in [0.05, 0.1) is 0 Å². The van der Waals surface area contributed by atoms with Gasteiger partial charge in [-0.1, -0.05) is 24.6 Å². The van der Waals surface area contributed by atoms with Crippen LogP contribution in [-0.4, -0.2) is 0 Å². The Morgan fingerprint density at radius 3 is 2.13 bits per heavy atom. The SMILES string of the molecule is CC#CC(C)Cc1c(C)cc(C)cc1C. The molecule has 1 atom stereocenters. The first-order valence-corrected chi connectivity index (χ1v) is 5.53. The van der Waals surface area contributed by atoms with Crippen LogP contribution in [0.2, 0.25) is 0 Å². The summed E-state index contributed by atoms with van der Waals surface area (Å²) in [7, 11) is 0. The lowest BCUT2D eigenvalue weighted by Gasteiger charge is -2.12. The topological polar surface area (TPSA) is 0 Å². The standard InChI is InChI=1S/C15H20/c1-6-7-11(2)10-15-13(4)8-12(3)9-14(15)5/h8-9,11H,10H2,1-5H3. The lowest BCUT2D eigenvalue weighted by Crippen LogP contribution is -2.02. The van der Waals surface area contributed by atoms with Crippen molar-refractivity contribution in [2.24, 2.45) is 5.92 Å². The minimum atomic E-state index is 0.454. The van der Waals surface area contributed by atoms with Crippen LogP contribution in [0.1, 0.15) is 36.1 Å². The number of aryl methyl sites for hydroxylation is 3. The average molecular weight is 200 g/mol. The van der Waals surface area contributed by atoms with Gasteiger partial charge in [0.1, 0.15) is 0 Å². The summed E-state index contributed by atoms with van der Waals surface area (Å²) >= 11 is 0. The van der Waals surface area contributed by atoms with Crippen molar-refractivity contribution in [1.82, 2.24) is 0 Å². The van der Waals surface area contributed by atoms with Crippen LogP contribution in [0.15, 0.2) is 12.1 Å². The highest BCUT2D eigenvalue weighted by Crippen LogP contribution is 2.19. The summed E-state index contributed by atoms with van der Waals surface area (Å²) in [5.41, 5.74) is 5.62. The quantitative estimate of drug-likeness (QED) is 0.637. The van der Waals surface area contributed by atoms with Crippen LogP contribution in [-0.2, 0) is 6.42 Å². The number of benzene rings is 1. The molecule has 1 aromatic rings. The van der Waals surface area contributed by atoms with E-state index in [0.29, 0.717) is 5.92 Å². The third-order valence-electron chi connectivity index (χ3n) is 2.74. The van der Waals surface area contributed by atoms with Crippen molar-refractivity contribution in [2.45, 2.75) is 41.0 Å². The molecule has 0 bridgehead atoms. The summed E-state index contributed by atoms with van der Waals surface area (Å²) < 4.78 is 0. The fraction of sp³-hybridized carbons (Fsp3) is 0.467. The van der Waals surface area contributed by atoms with Crippen molar-refractivity contribution in [3.05, 3.63) is 34.4 Å². The Morgan fingerprint density at radius 2 is 1.67 bits per heavy atom. The van der Waals surface area contributed by atoms with Crippen LogP contribution in [0, 0.1) is 38.5 Å². The summed E-state index contributed by atoms with van der Waals surface area (Å²) in [4.78, 5) is 0. The van der Waals surface area contributed by atoms with Crippen molar-refractivity contribution in [3.8, 4) is 11.8 Å². The van der Waals surface area contributed by atoms with Crippen molar-refractivity contribution in [2.75, 3.05) is 0 Å². The van der Waals surface area contributed by atoms with Crippen LogP contribution >= 0.6 is 0 Å². The van der Waals surface area contributed by atoms with Gasteiger partial charge >= 0.3 is 0 Å². The molecule has 1 rings (SSSR count). The Morgan fingerprint density at radius 1 is 1.13 bits per heavy atom. The fourth-order valence-corrected chi connectivity index (χ4v) is 2.14. The predicted molar refractivity (Wildman–Crippen MR) is 67.0 cm³/mol. The molecule has 0 aliphatic heterocycles. The summed E-state index contributed by atoms with van der Waals surface area (Å²) in [5, 5.41) is 0. The highest BCUT2D eigenvalue weighted by Gasteiger charge is 2.06. The maximum atomic E-state index is 3.21. The van der Waals surface area contributed by atoms with E-state index in [0.717, 1.165) is 6.42 Å². The molecular formula is C15H20. The molecule has 0 spiro atoms. The van der Waals surface area contributed by atoms with E-state index in [1.54, 1.807) is 0 Å². The Labute approximate surface area is 93.7 Å². The molecule has 0 heteroatoms. The molecule has 1 unspecified atom stereocenters. The van der Waals surface area contributed by atoms with E-state index < -0.39 is 0 Å². The third-order valence-corrected chi connectivity index (χ3v) is 2.74. The van der Waals surface area contributed by atoms with Gasteiger partial charge in [-0.05, 0) is 50.8 Å². The lowest BCUT2D eigenvalue weighted by atomic mass is 9.92. The van der Waals surface area contributed by atoms with Gasteiger partial charge in [-0.2, -0.15) is 0 Å². The highest BCUT2D eigenvalue weighted by molar-refractivity contribution is 5.38. The Kier molecular flexibility index (Phi) is 3.97. The Bertz CT molecular complexity index is 379. The first-order valence-electron chi connectivity index (χ1n) is 5.53. The van der Waals surface area contributed by atoms with Crippen molar-refractivity contribution in [3.63, 3.8) is 0 Å². The van der Waals surface area contributed by atoms with Crippen molar-refractivity contribution < 1.29 is 0 Å². The molecule has 0 saturated heterocycles. The molecule has 0 aliphatic carbocycles. The number of hydrogen-bond acceptors (Lipinski definition) is 0. The largest absolute Gasteiger partial charge is 0.106 e. The Balaban J connectivity index is 2.98. The minimum Gasteiger partial charge on any atom is -0.106 e. The maximum absolute atomic E-state index is 3.21. The zero-order valence-corrected chi connectivity index (χ0v) is 10.4. The van der Waals surface area contributed by atoms with Crippen molar-refractivity contribution >= 4 is 0 Å². The molecular weight excluding hydrogens is 180 g/mol. The molecule has 0 fully saturated rings. The van der Waals surface area contributed by atoms with Gasteiger partial charge in [0, 0.05) is 5.92 Å². The molecule has 0 amide bonds. The summed E-state index contributed by atoms with van der Waals surface area (Å²) in [5.74, 6) is 6.65. The van der Waals surface area contributed by atoms with E-state index in [4.69, 9.17) is 0 Å². The number of hydrogen-bond donors (Lipinski definition) is 0. The zero-order valence-electron chi connectivity index (χ0n) is 10.4. The Hall–Kier alpha value is -1.22. The summed E-state index contributed by atoms with van der Waals surface area (Å²) in [6.45, 7) is 10.6. The van der Waals surface area contributed by atoms with Crippen LogP contribution in [0.3, 0.4) is 0 Å². The van der Waals surface area contributed by atoms with E-state index in [1.165, 1.54) is 22.3 Å². The van der Waals surface area contributed by atoms with Crippen LogP contribution < -0.4 is 0 Å². The molecule has 0 aliphatic rings.